The third kappa shape index (κ3) is 5.99. The number of carbonyl (C=O) groups excluding carboxylic acids is 1. The number of ether oxygens (including phenoxy) is 1. The summed E-state index contributed by atoms with van der Waals surface area (Å²) in [5, 5.41) is 10.4. The summed E-state index contributed by atoms with van der Waals surface area (Å²) >= 11 is 6.09. The molecule has 160 valence electrons. The number of hydrogen-bond acceptors (Lipinski definition) is 5. The molecule has 1 aromatic heterocycles. The first-order valence-electron chi connectivity index (χ1n) is 8.91. The number of rotatable bonds is 7. The first-order chi connectivity index (χ1) is 14.7. The molecule has 0 saturated heterocycles. The normalized spacial score (nSPS) is 11.8. The van der Waals surface area contributed by atoms with Crippen molar-refractivity contribution in [2.45, 2.75) is 12.8 Å². The number of esters is 1. The Morgan fingerprint density at radius 3 is 2.39 bits per heavy atom. The van der Waals surface area contributed by atoms with E-state index >= 15 is 0 Å². The molecule has 0 bridgehead atoms. The molecule has 0 atom stereocenters. The van der Waals surface area contributed by atoms with Gasteiger partial charge >= 0.3 is 12.1 Å². The Labute approximate surface area is 180 Å². The Morgan fingerprint density at radius 1 is 1.10 bits per heavy atom. The van der Waals surface area contributed by atoms with Crippen molar-refractivity contribution in [3.8, 4) is 0 Å². The summed E-state index contributed by atoms with van der Waals surface area (Å²) in [6.07, 6.45) is -1.25. The third-order valence-corrected chi connectivity index (χ3v) is 4.45. The van der Waals surface area contributed by atoms with E-state index in [-0.39, 0.29) is 17.9 Å². The van der Waals surface area contributed by atoms with Crippen molar-refractivity contribution in [1.29, 1.82) is 5.41 Å². The summed E-state index contributed by atoms with van der Waals surface area (Å²) in [5.41, 5.74) is 0.0497. The Kier molecular flexibility index (Phi) is 6.81. The van der Waals surface area contributed by atoms with E-state index in [1.165, 1.54) is 36.8 Å². The van der Waals surface area contributed by atoms with Crippen LogP contribution in [-0.2, 0) is 11.3 Å². The number of anilines is 1. The summed E-state index contributed by atoms with van der Waals surface area (Å²) < 4.78 is 48.8. The molecule has 2 N–H and O–H groups in total. The molecule has 0 fully saturated rings. The van der Waals surface area contributed by atoms with Crippen LogP contribution in [0.3, 0.4) is 0 Å². The molecule has 0 aliphatic carbocycles. The summed E-state index contributed by atoms with van der Waals surface area (Å²) in [7, 11) is 0. The Hall–Kier alpha value is -3.52. The highest BCUT2D eigenvalue weighted by molar-refractivity contribution is 6.33. The van der Waals surface area contributed by atoms with Gasteiger partial charge in [-0.3, -0.25) is 5.41 Å². The third-order valence-electron chi connectivity index (χ3n) is 4.12. The standard InChI is InChI=1S/C22H16ClF3N2O3/c23-17-3-1-2-4-18(17)28-19(11-20(27)22(24,25)26)15-5-7-16(8-6-15)21(29)31-13-14-9-10-30-12-14/h1-12,27-28H,13H2/b19-11-,27-20?. The summed E-state index contributed by atoms with van der Waals surface area (Å²) in [6, 6.07) is 13.9. The molecule has 9 heteroatoms. The van der Waals surface area contributed by atoms with Crippen LogP contribution >= 0.6 is 11.6 Å². The van der Waals surface area contributed by atoms with Crippen molar-refractivity contribution in [2.75, 3.05) is 5.32 Å². The number of hydrogen-bond donors (Lipinski definition) is 2. The maximum Gasteiger partial charge on any atom is 0.432 e. The number of benzene rings is 2. The van der Waals surface area contributed by atoms with Gasteiger partial charge in [0.15, 0.2) is 0 Å². The lowest BCUT2D eigenvalue weighted by atomic mass is 10.1. The van der Waals surface area contributed by atoms with Crippen LogP contribution in [0.15, 0.2) is 77.6 Å². The van der Waals surface area contributed by atoms with Crippen molar-refractivity contribution in [2.24, 2.45) is 0 Å². The summed E-state index contributed by atoms with van der Waals surface area (Å²) in [5.74, 6) is -0.597. The lowest BCUT2D eigenvalue weighted by Crippen LogP contribution is -2.20. The average molecular weight is 449 g/mol. The van der Waals surface area contributed by atoms with Crippen molar-refractivity contribution in [1.82, 2.24) is 0 Å². The average Bonchev–Trinajstić information content (AvgIpc) is 3.26. The molecule has 0 amide bonds. The van der Waals surface area contributed by atoms with E-state index in [1.807, 2.05) is 0 Å². The number of allylic oxidation sites excluding steroid dienone is 1. The first kappa shape index (κ1) is 22.2. The second-order valence-electron chi connectivity index (χ2n) is 6.36. The zero-order valence-corrected chi connectivity index (χ0v) is 16.6. The minimum absolute atomic E-state index is 0.00580. The fourth-order valence-electron chi connectivity index (χ4n) is 2.52. The molecular weight excluding hydrogens is 433 g/mol. The topological polar surface area (TPSA) is 75.3 Å². The summed E-state index contributed by atoms with van der Waals surface area (Å²) in [6.45, 7) is 0.0268. The molecule has 1 heterocycles. The molecule has 0 unspecified atom stereocenters. The highest BCUT2D eigenvalue weighted by Gasteiger charge is 2.33. The van der Waals surface area contributed by atoms with E-state index in [0.29, 0.717) is 27.9 Å². The van der Waals surface area contributed by atoms with E-state index in [4.69, 9.17) is 26.2 Å². The van der Waals surface area contributed by atoms with Crippen LogP contribution in [0.1, 0.15) is 21.5 Å². The quantitative estimate of drug-likeness (QED) is 0.327. The highest BCUT2D eigenvalue weighted by atomic mass is 35.5. The zero-order chi connectivity index (χ0) is 22.4. The highest BCUT2D eigenvalue weighted by Crippen LogP contribution is 2.27. The van der Waals surface area contributed by atoms with Crippen LogP contribution in [0.5, 0.6) is 0 Å². The predicted octanol–water partition coefficient (Wildman–Crippen LogP) is 6.33. The van der Waals surface area contributed by atoms with E-state index in [9.17, 15) is 18.0 Å². The van der Waals surface area contributed by atoms with Crippen molar-refractivity contribution < 1.29 is 27.1 Å². The maximum absolute atomic E-state index is 12.9. The van der Waals surface area contributed by atoms with Gasteiger partial charge in [0.05, 0.1) is 28.8 Å². The second-order valence-corrected chi connectivity index (χ2v) is 6.77. The van der Waals surface area contributed by atoms with Crippen LogP contribution in [0.25, 0.3) is 5.70 Å². The largest absolute Gasteiger partial charge is 0.472 e. The Morgan fingerprint density at radius 2 is 1.77 bits per heavy atom. The van der Waals surface area contributed by atoms with Gasteiger partial charge in [-0.25, -0.2) is 4.79 Å². The number of furan rings is 1. The molecular formula is C22H16ClF3N2O3. The van der Waals surface area contributed by atoms with E-state index in [2.05, 4.69) is 5.32 Å². The Balaban J connectivity index is 1.83. The molecule has 3 rings (SSSR count). The van der Waals surface area contributed by atoms with E-state index < -0.39 is 17.9 Å². The molecule has 0 radical (unpaired) electrons. The smallest absolute Gasteiger partial charge is 0.432 e. The van der Waals surface area contributed by atoms with Crippen molar-refractivity contribution in [3.63, 3.8) is 0 Å². The molecule has 5 nitrogen and oxygen atoms in total. The van der Waals surface area contributed by atoms with Crippen LogP contribution in [0, 0.1) is 5.41 Å². The summed E-state index contributed by atoms with van der Waals surface area (Å²) in [4.78, 5) is 12.2. The minimum atomic E-state index is -4.82. The van der Waals surface area contributed by atoms with Gasteiger partial charge in [0.2, 0.25) is 0 Å². The number of nitrogens with one attached hydrogen (secondary N) is 2. The van der Waals surface area contributed by atoms with E-state index in [1.54, 1.807) is 30.3 Å². The van der Waals surface area contributed by atoms with E-state index in [0.717, 1.165) is 0 Å². The maximum atomic E-state index is 12.9. The minimum Gasteiger partial charge on any atom is -0.472 e. The monoisotopic (exact) mass is 448 g/mol. The van der Waals surface area contributed by atoms with Gasteiger partial charge in [0, 0.05) is 11.3 Å². The number of halogens is 4. The first-order valence-corrected chi connectivity index (χ1v) is 9.29. The fourth-order valence-corrected chi connectivity index (χ4v) is 2.70. The molecule has 0 aliphatic heterocycles. The second kappa shape index (κ2) is 9.53. The van der Waals surface area contributed by atoms with Crippen molar-refractivity contribution in [3.05, 3.63) is 94.9 Å². The van der Waals surface area contributed by atoms with Gasteiger partial charge in [0.1, 0.15) is 12.3 Å². The molecule has 31 heavy (non-hydrogen) atoms. The number of para-hydroxylation sites is 1. The van der Waals surface area contributed by atoms with Crippen LogP contribution < -0.4 is 5.32 Å². The van der Waals surface area contributed by atoms with Crippen LogP contribution in [-0.4, -0.2) is 17.9 Å². The van der Waals surface area contributed by atoms with Gasteiger partial charge in [-0.05, 0) is 42.0 Å². The predicted molar refractivity (Wildman–Crippen MR) is 111 cm³/mol. The lowest BCUT2D eigenvalue weighted by Gasteiger charge is -2.14. The van der Waals surface area contributed by atoms with Gasteiger partial charge < -0.3 is 14.5 Å². The van der Waals surface area contributed by atoms with Crippen LogP contribution in [0.4, 0.5) is 18.9 Å². The molecule has 0 saturated carbocycles. The van der Waals surface area contributed by atoms with Gasteiger partial charge in [-0.2, -0.15) is 13.2 Å². The van der Waals surface area contributed by atoms with Gasteiger partial charge in [0.25, 0.3) is 0 Å². The molecule has 3 aromatic rings. The fraction of sp³-hybridized carbons (Fsp3) is 0.0909. The Bertz CT molecular complexity index is 1090. The van der Waals surface area contributed by atoms with Crippen molar-refractivity contribution >= 4 is 34.7 Å². The molecule has 0 spiro atoms. The SMILES string of the molecule is N=C(/C=C(\Nc1ccccc1Cl)c1ccc(C(=O)OCc2ccoc2)cc1)C(F)(F)F. The van der Waals surface area contributed by atoms with Crippen LogP contribution in [0.2, 0.25) is 5.02 Å². The lowest BCUT2D eigenvalue weighted by molar-refractivity contribution is -0.0583. The number of carbonyl (C=O) groups is 1. The number of alkyl halides is 3. The zero-order valence-electron chi connectivity index (χ0n) is 15.9. The molecule has 2 aromatic carbocycles. The van der Waals surface area contributed by atoms with Gasteiger partial charge in [-0.15, -0.1) is 0 Å². The molecule has 0 aliphatic rings. The van der Waals surface area contributed by atoms with Gasteiger partial charge in [-0.1, -0.05) is 35.9 Å².